The van der Waals surface area contributed by atoms with Crippen molar-refractivity contribution in [1.82, 2.24) is 0 Å². The van der Waals surface area contributed by atoms with Gasteiger partial charge in [-0.3, -0.25) is 4.79 Å². The van der Waals surface area contributed by atoms with Gasteiger partial charge in [-0.15, -0.1) is 0 Å². The molecule has 0 amide bonds. The van der Waals surface area contributed by atoms with Gasteiger partial charge < -0.3 is 35.6 Å². The van der Waals surface area contributed by atoms with Crippen LogP contribution in [0.3, 0.4) is 0 Å². The summed E-state index contributed by atoms with van der Waals surface area (Å²) in [5.74, 6) is 0. The van der Waals surface area contributed by atoms with Gasteiger partial charge in [0.15, 0.2) is 6.10 Å². The lowest BCUT2D eigenvalue weighted by Gasteiger charge is -2.24. The van der Waals surface area contributed by atoms with Crippen LogP contribution in [0, 0.1) is 0 Å². The van der Waals surface area contributed by atoms with Crippen molar-refractivity contribution in [2.45, 2.75) is 29.3 Å². The van der Waals surface area contributed by atoms with Gasteiger partial charge in [0, 0.05) is 4.90 Å². The predicted molar refractivity (Wildman–Crippen MR) is 78.2 cm³/mol. The summed E-state index contributed by atoms with van der Waals surface area (Å²) < 4.78 is 0. The summed E-state index contributed by atoms with van der Waals surface area (Å²) in [6, 6.07) is 5.84. The van der Waals surface area contributed by atoms with E-state index in [1.165, 1.54) is 24.3 Å². The molecule has 122 valence electrons. The molecule has 22 heavy (non-hydrogen) atoms. The SMILES string of the molecule is O=C(Sc1ccccc1B(O)O)[C@H](O)[C@@H](O)[C@H](O)[C@H](O)CO. The van der Waals surface area contributed by atoms with Gasteiger partial charge in [-0.1, -0.05) is 18.2 Å². The molecule has 0 aliphatic heterocycles. The number of thioether (sulfide) groups is 1. The third-order valence-electron chi connectivity index (χ3n) is 2.90. The lowest BCUT2D eigenvalue weighted by atomic mass is 9.80. The van der Waals surface area contributed by atoms with Crippen molar-refractivity contribution in [2.24, 2.45) is 0 Å². The third-order valence-corrected chi connectivity index (χ3v) is 3.94. The normalized spacial score (nSPS) is 16.7. The molecule has 0 aliphatic rings. The van der Waals surface area contributed by atoms with E-state index < -0.39 is 43.3 Å². The van der Waals surface area contributed by atoms with Gasteiger partial charge in [-0.25, -0.2) is 0 Å². The molecule has 1 rings (SSSR count). The minimum absolute atomic E-state index is 0.0403. The summed E-state index contributed by atoms with van der Waals surface area (Å²) in [5, 5.41) is 64.0. The first-order chi connectivity index (χ1) is 10.3. The first kappa shape index (κ1) is 19.1. The summed E-state index contributed by atoms with van der Waals surface area (Å²) in [6.07, 6.45) is -7.67. The molecule has 4 atom stereocenters. The molecular formula is C12H17BO8S. The maximum atomic E-state index is 11.9. The van der Waals surface area contributed by atoms with Crippen molar-refractivity contribution in [1.29, 1.82) is 0 Å². The lowest BCUT2D eigenvalue weighted by Crippen LogP contribution is -2.48. The fraction of sp³-hybridized carbons (Fsp3) is 0.417. The largest absolute Gasteiger partial charge is 0.489 e. The van der Waals surface area contributed by atoms with Crippen LogP contribution in [0.15, 0.2) is 29.2 Å². The highest BCUT2D eigenvalue weighted by atomic mass is 32.2. The Balaban J connectivity index is 2.80. The van der Waals surface area contributed by atoms with E-state index >= 15 is 0 Å². The number of aliphatic hydroxyl groups excluding tert-OH is 5. The van der Waals surface area contributed by atoms with Gasteiger partial charge in [-0.2, -0.15) is 0 Å². The molecule has 0 aromatic heterocycles. The van der Waals surface area contributed by atoms with E-state index in [0.29, 0.717) is 11.8 Å². The number of aliphatic hydroxyl groups is 5. The monoisotopic (exact) mass is 332 g/mol. The molecule has 0 saturated carbocycles. The zero-order valence-corrected chi connectivity index (χ0v) is 12.2. The summed E-state index contributed by atoms with van der Waals surface area (Å²) in [5.41, 5.74) is 0.0403. The van der Waals surface area contributed by atoms with Crippen LogP contribution in [0.25, 0.3) is 0 Å². The maximum absolute atomic E-state index is 11.9. The van der Waals surface area contributed by atoms with Crippen LogP contribution >= 0.6 is 11.8 Å². The Hall–Kier alpha value is -0.975. The van der Waals surface area contributed by atoms with Gasteiger partial charge >= 0.3 is 7.12 Å². The van der Waals surface area contributed by atoms with Crippen LogP contribution in [0.4, 0.5) is 0 Å². The van der Waals surface area contributed by atoms with Crippen LogP contribution in [0.2, 0.25) is 0 Å². The minimum atomic E-state index is -2.04. The molecule has 10 heteroatoms. The number of carbonyl (C=O) groups is 1. The number of hydrogen-bond donors (Lipinski definition) is 7. The summed E-state index contributed by atoms with van der Waals surface area (Å²) in [7, 11) is -1.82. The fourth-order valence-corrected chi connectivity index (χ4v) is 2.53. The van der Waals surface area contributed by atoms with E-state index in [-0.39, 0.29) is 10.4 Å². The highest BCUT2D eigenvalue weighted by molar-refractivity contribution is 8.14. The van der Waals surface area contributed by atoms with E-state index in [0.717, 1.165) is 0 Å². The zero-order valence-electron chi connectivity index (χ0n) is 11.4. The van der Waals surface area contributed by atoms with Crippen molar-refractivity contribution in [2.75, 3.05) is 6.61 Å². The second kappa shape index (κ2) is 8.60. The lowest BCUT2D eigenvalue weighted by molar-refractivity contribution is -0.139. The zero-order chi connectivity index (χ0) is 16.9. The van der Waals surface area contributed by atoms with Crippen LogP contribution in [-0.2, 0) is 4.79 Å². The molecule has 7 N–H and O–H groups in total. The first-order valence-electron chi connectivity index (χ1n) is 6.29. The van der Waals surface area contributed by atoms with Crippen LogP contribution in [0.1, 0.15) is 0 Å². The number of carbonyl (C=O) groups excluding carboxylic acids is 1. The minimum Gasteiger partial charge on any atom is -0.423 e. The average molecular weight is 332 g/mol. The van der Waals surface area contributed by atoms with Crippen molar-refractivity contribution in [3.63, 3.8) is 0 Å². The van der Waals surface area contributed by atoms with Gasteiger partial charge in [0.25, 0.3) is 0 Å². The molecule has 0 unspecified atom stereocenters. The molecule has 1 aromatic carbocycles. The quantitative estimate of drug-likeness (QED) is 0.198. The van der Waals surface area contributed by atoms with Gasteiger partial charge in [-0.05, 0) is 23.3 Å². The van der Waals surface area contributed by atoms with E-state index in [2.05, 4.69) is 0 Å². The first-order valence-corrected chi connectivity index (χ1v) is 7.11. The molecule has 0 radical (unpaired) electrons. The molecule has 8 nitrogen and oxygen atoms in total. The fourth-order valence-electron chi connectivity index (χ4n) is 1.62. The number of benzene rings is 1. The van der Waals surface area contributed by atoms with Crippen LogP contribution in [-0.4, -0.2) is 78.8 Å². The summed E-state index contributed by atoms with van der Waals surface area (Å²) >= 11 is 0.448. The molecular weight excluding hydrogens is 315 g/mol. The molecule has 0 saturated heterocycles. The molecule has 0 spiro atoms. The van der Waals surface area contributed by atoms with Crippen molar-refractivity contribution >= 4 is 29.5 Å². The predicted octanol–water partition coefficient (Wildman–Crippen LogP) is -3.58. The van der Waals surface area contributed by atoms with Crippen molar-refractivity contribution in [3.8, 4) is 0 Å². The highest BCUT2D eigenvalue weighted by Gasteiger charge is 2.34. The van der Waals surface area contributed by atoms with Crippen LogP contribution < -0.4 is 5.46 Å². The summed E-state index contributed by atoms with van der Waals surface area (Å²) in [6.45, 7) is -0.855. The number of rotatable bonds is 7. The Morgan fingerprint density at radius 1 is 1.09 bits per heavy atom. The van der Waals surface area contributed by atoms with Crippen molar-refractivity contribution < 1.29 is 40.4 Å². The molecule has 0 bridgehead atoms. The Kier molecular flexibility index (Phi) is 7.46. The van der Waals surface area contributed by atoms with E-state index in [1.54, 1.807) is 0 Å². The summed E-state index contributed by atoms with van der Waals surface area (Å²) in [4.78, 5) is 12.0. The Labute approximate surface area is 130 Å². The van der Waals surface area contributed by atoms with E-state index in [9.17, 15) is 35.3 Å². The van der Waals surface area contributed by atoms with Gasteiger partial charge in [0.1, 0.15) is 18.3 Å². The van der Waals surface area contributed by atoms with Crippen molar-refractivity contribution in [3.05, 3.63) is 24.3 Å². The molecule has 1 aromatic rings. The van der Waals surface area contributed by atoms with Gasteiger partial charge in [0.05, 0.1) is 6.61 Å². The average Bonchev–Trinajstić information content (AvgIpc) is 2.52. The third kappa shape index (κ3) is 4.76. The van der Waals surface area contributed by atoms with Crippen LogP contribution in [0.5, 0.6) is 0 Å². The Bertz CT molecular complexity index is 500. The molecule has 0 heterocycles. The Morgan fingerprint density at radius 3 is 2.23 bits per heavy atom. The van der Waals surface area contributed by atoms with E-state index in [1.807, 2.05) is 0 Å². The molecule has 0 fully saturated rings. The van der Waals surface area contributed by atoms with Gasteiger partial charge in [0.2, 0.25) is 5.12 Å². The second-order valence-corrected chi connectivity index (χ2v) is 5.55. The second-order valence-electron chi connectivity index (χ2n) is 4.51. The van der Waals surface area contributed by atoms with E-state index in [4.69, 9.17) is 5.11 Å². The molecule has 0 aliphatic carbocycles. The smallest absolute Gasteiger partial charge is 0.423 e. The number of hydrogen-bond acceptors (Lipinski definition) is 9. The Morgan fingerprint density at radius 2 is 1.68 bits per heavy atom. The maximum Gasteiger partial charge on any atom is 0.489 e. The standard InChI is InChI=1S/C12H17BO8S/c14-5-7(15)9(16)10(17)11(18)12(19)22-8-4-2-1-3-6(8)13(20)21/h1-4,7,9-11,14-18,20-21H,5H2/t7-,9-,10+,11-/m1/s1. The highest BCUT2D eigenvalue weighted by Crippen LogP contribution is 2.21. The topological polar surface area (TPSA) is 159 Å².